The van der Waals surface area contributed by atoms with Gasteiger partial charge in [0.1, 0.15) is 0 Å². The molecule has 0 unspecified atom stereocenters. The SMILES string of the molecule is C=CC(=O)N1CCc2ccc(N3C(=O)NCc4cnc5ccc(-c6cnn(C)c6)cc5c43)cc21. The summed E-state index contributed by atoms with van der Waals surface area (Å²) in [5.74, 6) is -0.143. The molecule has 168 valence electrons. The number of carbonyl (C=O) groups is 2. The molecule has 8 heteroatoms. The summed E-state index contributed by atoms with van der Waals surface area (Å²) < 4.78 is 1.76. The Morgan fingerprint density at radius 3 is 2.79 bits per heavy atom. The van der Waals surface area contributed by atoms with Crippen molar-refractivity contribution in [2.75, 3.05) is 16.3 Å². The largest absolute Gasteiger partial charge is 0.333 e. The van der Waals surface area contributed by atoms with Gasteiger partial charge in [0.25, 0.3) is 0 Å². The molecule has 0 radical (unpaired) electrons. The summed E-state index contributed by atoms with van der Waals surface area (Å²) in [4.78, 5) is 33.6. The number of hydrogen-bond acceptors (Lipinski definition) is 4. The van der Waals surface area contributed by atoms with Gasteiger partial charge in [0.05, 0.1) is 23.1 Å². The number of pyridine rings is 1. The van der Waals surface area contributed by atoms with Crippen LogP contribution in [0.1, 0.15) is 11.1 Å². The zero-order valence-electron chi connectivity index (χ0n) is 18.7. The summed E-state index contributed by atoms with van der Waals surface area (Å²) in [6.45, 7) is 4.63. The van der Waals surface area contributed by atoms with Crippen molar-refractivity contribution in [2.45, 2.75) is 13.0 Å². The molecule has 2 aromatic carbocycles. The van der Waals surface area contributed by atoms with Crippen LogP contribution in [-0.2, 0) is 24.8 Å². The van der Waals surface area contributed by atoms with E-state index in [9.17, 15) is 9.59 Å². The van der Waals surface area contributed by atoms with E-state index in [1.54, 1.807) is 14.5 Å². The number of benzene rings is 2. The van der Waals surface area contributed by atoms with Crippen molar-refractivity contribution in [2.24, 2.45) is 7.05 Å². The predicted molar refractivity (Wildman–Crippen MR) is 131 cm³/mol. The second-order valence-corrected chi connectivity index (χ2v) is 8.52. The van der Waals surface area contributed by atoms with Crippen LogP contribution in [-0.4, -0.2) is 33.2 Å². The minimum absolute atomic E-state index is 0.143. The maximum Gasteiger partial charge on any atom is 0.326 e. The van der Waals surface area contributed by atoms with Gasteiger partial charge in [0.15, 0.2) is 0 Å². The van der Waals surface area contributed by atoms with Gasteiger partial charge in [-0.25, -0.2) is 4.79 Å². The number of hydrogen-bond donors (Lipinski definition) is 1. The average Bonchev–Trinajstić information content (AvgIpc) is 3.49. The summed E-state index contributed by atoms with van der Waals surface area (Å²) in [5.41, 5.74) is 7.11. The van der Waals surface area contributed by atoms with E-state index in [2.05, 4.69) is 28.0 Å². The first kappa shape index (κ1) is 20.2. The maximum absolute atomic E-state index is 13.2. The Hall–Kier alpha value is -4.46. The molecule has 0 bridgehead atoms. The van der Waals surface area contributed by atoms with Crippen molar-refractivity contribution in [1.29, 1.82) is 0 Å². The molecular formula is C26H22N6O2. The molecule has 0 aliphatic carbocycles. The Morgan fingerprint density at radius 2 is 2.00 bits per heavy atom. The minimum Gasteiger partial charge on any atom is -0.333 e. The normalized spacial score (nSPS) is 14.7. The van der Waals surface area contributed by atoms with Gasteiger partial charge < -0.3 is 10.2 Å². The highest BCUT2D eigenvalue weighted by atomic mass is 16.2. The quantitative estimate of drug-likeness (QED) is 0.477. The summed E-state index contributed by atoms with van der Waals surface area (Å²) in [5, 5.41) is 8.12. The summed E-state index contributed by atoms with van der Waals surface area (Å²) in [6, 6.07) is 11.7. The molecule has 0 atom stereocenters. The maximum atomic E-state index is 13.2. The fourth-order valence-corrected chi connectivity index (χ4v) is 4.81. The van der Waals surface area contributed by atoms with Gasteiger partial charge in [-0.2, -0.15) is 5.10 Å². The van der Waals surface area contributed by atoms with Crippen molar-refractivity contribution in [3.05, 3.63) is 78.8 Å². The number of carbonyl (C=O) groups excluding carboxylic acids is 2. The van der Waals surface area contributed by atoms with Gasteiger partial charge in [-0.1, -0.05) is 18.7 Å². The lowest BCUT2D eigenvalue weighted by molar-refractivity contribution is -0.114. The number of rotatable bonds is 3. The van der Waals surface area contributed by atoms with Crippen LogP contribution in [0.25, 0.3) is 22.0 Å². The Bertz CT molecular complexity index is 1500. The smallest absolute Gasteiger partial charge is 0.326 e. The van der Waals surface area contributed by atoms with Crippen molar-refractivity contribution in [1.82, 2.24) is 20.1 Å². The first-order valence-electron chi connectivity index (χ1n) is 11.1. The third-order valence-corrected chi connectivity index (χ3v) is 6.47. The highest BCUT2D eigenvalue weighted by molar-refractivity contribution is 6.11. The molecule has 0 fully saturated rings. The Labute approximate surface area is 196 Å². The van der Waals surface area contributed by atoms with Crippen LogP contribution >= 0.6 is 0 Å². The molecule has 3 amide bonds. The number of urea groups is 1. The van der Waals surface area contributed by atoms with E-state index in [1.807, 2.05) is 56.0 Å². The van der Waals surface area contributed by atoms with Crippen LogP contribution in [0.15, 0.2) is 67.6 Å². The molecule has 0 saturated heterocycles. The first-order chi connectivity index (χ1) is 16.5. The van der Waals surface area contributed by atoms with Crippen LogP contribution in [0.5, 0.6) is 0 Å². The van der Waals surface area contributed by atoms with E-state index in [1.165, 1.54) is 6.08 Å². The average molecular weight is 451 g/mol. The van der Waals surface area contributed by atoms with Gasteiger partial charge in [-0.15, -0.1) is 0 Å². The second kappa shape index (κ2) is 7.55. The highest BCUT2D eigenvalue weighted by Gasteiger charge is 2.30. The van der Waals surface area contributed by atoms with E-state index in [0.717, 1.165) is 51.0 Å². The predicted octanol–water partition coefficient (Wildman–Crippen LogP) is 4.07. The number of aryl methyl sites for hydroxylation is 1. The number of anilines is 3. The Morgan fingerprint density at radius 1 is 1.12 bits per heavy atom. The lowest BCUT2D eigenvalue weighted by Crippen LogP contribution is -2.41. The second-order valence-electron chi connectivity index (χ2n) is 8.52. The number of aromatic nitrogens is 3. The molecule has 2 aliphatic rings. The van der Waals surface area contributed by atoms with Crippen molar-refractivity contribution < 1.29 is 9.59 Å². The van der Waals surface area contributed by atoms with Crippen LogP contribution in [0, 0.1) is 0 Å². The van der Waals surface area contributed by atoms with Crippen LogP contribution in [0.2, 0.25) is 0 Å². The zero-order chi connectivity index (χ0) is 23.4. The Balaban J connectivity index is 1.53. The summed E-state index contributed by atoms with van der Waals surface area (Å²) in [6.07, 6.45) is 7.69. The molecule has 4 heterocycles. The number of fused-ring (bicyclic) bond motifs is 4. The van der Waals surface area contributed by atoms with Crippen LogP contribution in [0.4, 0.5) is 21.9 Å². The standard InChI is InChI=1S/C26H22N6O2/c1-3-24(33)31-9-8-16-4-6-20(11-23(16)31)32-25-18(13-28-26(32)34)12-27-22-7-5-17(10-21(22)25)19-14-29-30(2)15-19/h3-7,10-12,14-15H,1,8-9,13H2,2H3,(H,28,34). The van der Waals surface area contributed by atoms with Crippen molar-refractivity contribution in [3.63, 3.8) is 0 Å². The lowest BCUT2D eigenvalue weighted by Gasteiger charge is -2.31. The minimum atomic E-state index is -0.216. The van der Waals surface area contributed by atoms with E-state index in [-0.39, 0.29) is 11.9 Å². The molecule has 4 aromatic rings. The lowest BCUT2D eigenvalue weighted by atomic mass is 10.0. The monoisotopic (exact) mass is 450 g/mol. The van der Waals surface area contributed by atoms with Gasteiger partial charge in [-0.3, -0.25) is 19.4 Å². The van der Waals surface area contributed by atoms with Gasteiger partial charge in [-0.05, 0) is 47.9 Å². The number of nitrogens with one attached hydrogen (secondary N) is 1. The van der Waals surface area contributed by atoms with Gasteiger partial charge in [0.2, 0.25) is 5.91 Å². The summed E-state index contributed by atoms with van der Waals surface area (Å²) >= 11 is 0. The fourth-order valence-electron chi connectivity index (χ4n) is 4.81. The molecule has 1 N–H and O–H groups in total. The van der Waals surface area contributed by atoms with E-state index < -0.39 is 0 Å². The van der Waals surface area contributed by atoms with E-state index in [4.69, 9.17) is 0 Å². The van der Waals surface area contributed by atoms with E-state index >= 15 is 0 Å². The third kappa shape index (κ3) is 3.07. The van der Waals surface area contributed by atoms with Crippen LogP contribution < -0.4 is 15.1 Å². The third-order valence-electron chi connectivity index (χ3n) is 6.47. The van der Waals surface area contributed by atoms with Crippen molar-refractivity contribution >= 4 is 39.9 Å². The highest BCUT2D eigenvalue weighted by Crippen LogP contribution is 2.41. The molecule has 6 rings (SSSR count). The molecule has 2 aliphatic heterocycles. The van der Waals surface area contributed by atoms with E-state index in [0.29, 0.717) is 18.8 Å². The topological polar surface area (TPSA) is 83.4 Å². The number of nitrogens with zero attached hydrogens (tertiary/aromatic N) is 5. The number of amides is 3. The van der Waals surface area contributed by atoms with Gasteiger partial charge in [0, 0.05) is 54.7 Å². The summed E-state index contributed by atoms with van der Waals surface area (Å²) in [7, 11) is 1.88. The molecule has 0 saturated carbocycles. The first-order valence-corrected chi connectivity index (χ1v) is 11.1. The molecule has 8 nitrogen and oxygen atoms in total. The zero-order valence-corrected chi connectivity index (χ0v) is 18.7. The van der Waals surface area contributed by atoms with Crippen LogP contribution in [0.3, 0.4) is 0 Å². The molecule has 2 aromatic heterocycles. The van der Waals surface area contributed by atoms with Gasteiger partial charge >= 0.3 is 6.03 Å². The molecular weight excluding hydrogens is 428 g/mol. The Kier molecular flexibility index (Phi) is 4.48. The molecule has 34 heavy (non-hydrogen) atoms. The van der Waals surface area contributed by atoms with Crippen molar-refractivity contribution in [3.8, 4) is 11.1 Å². The fraction of sp³-hybridized carbons (Fsp3) is 0.154. The molecule has 0 spiro atoms.